The molecule has 1 amide bonds. The SMILES string of the molecule is COC1CCN(C(=O)c2cccs2)CC1. The molecule has 0 atom stereocenters. The molecular formula is C11H15NO2S. The van der Waals surface area contributed by atoms with Crippen molar-refractivity contribution in [3.63, 3.8) is 0 Å². The van der Waals surface area contributed by atoms with Crippen LogP contribution in [0.3, 0.4) is 0 Å². The topological polar surface area (TPSA) is 29.5 Å². The van der Waals surface area contributed by atoms with Crippen molar-refractivity contribution >= 4 is 17.2 Å². The lowest BCUT2D eigenvalue weighted by Crippen LogP contribution is -2.40. The largest absolute Gasteiger partial charge is 0.381 e. The van der Waals surface area contributed by atoms with Crippen LogP contribution in [0.4, 0.5) is 0 Å². The predicted molar refractivity (Wildman–Crippen MR) is 60.3 cm³/mol. The van der Waals surface area contributed by atoms with Crippen LogP contribution in [0.15, 0.2) is 17.5 Å². The first-order valence-corrected chi connectivity index (χ1v) is 6.05. The number of methoxy groups -OCH3 is 1. The smallest absolute Gasteiger partial charge is 0.263 e. The van der Waals surface area contributed by atoms with Gasteiger partial charge in [0, 0.05) is 20.2 Å². The van der Waals surface area contributed by atoms with E-state index in [0.717, 1.165) is 30.8 Å². The number of likely N-dealkylation sites (tertiary alicyclic amines) is 1. The Morgan fingerprint density at radius 1 is 1.53 bits per heavy atom. The minimum atomic E-state index is 0.166. The average Bonchev–Trinajstić information content (AvgIpc) is 2.82. The molecule has 0 radical (unpaired) electrons. The Hall–Kier alpha value is -0.870. The second-order valence-electron chi connectivity index (χ2n) is 3.70. The zero-order chi connectivity index (χ0) is 10.7. The van der Waals surface area contributed by atoms with Crippen molar-refractivity contribution in [2.75, 3.05) is 20.2 Å². The van der Waals surface area contributed by atoms with Gasteiger partial charge in [0.1, 0.15) is 0 Å². The normalized spacial score (nSPS) is 18.1. The van der Waals surface area contributed by atoms with Crippen LogP contribution in [0.2, 0.25) is 0 Å². The summed E-state index contributed by atoms with van der Waals surface area (Å²) in [6.07, 6.45) is 2.23. The molecule has 1 aliphatic rings. The highest BCUT2D eigenvalue weighted by Crippen LogP contribution is 2.17. The van der Waals surface area contributed by atoms with Gasteiger partial charge in [0.15, 0.2) is 0 Å². The first kappa shape index (κ1) is 10.6. The van der Waals surface area contributed by atoms with Crippen LogP contribution in [0, 0.1) is 0 Å². The maximum atomic E-state index is 12.0. The van der Waals surface area contributed by atoms with Gasteiger partial charge in [-0.1, -0.05) is 6.07 Å². The van der Waals surface area contributed by atoms with Crippen LogP contribution in [-0.2, 0) is 4.74 Å². The molecule has 2 heterocycles. The van der Waals surface area contributed by atoms with Crippen LogP contribution in [0.25, 0.3) is 0 Å². The summed E-state index contributed by atoms with van der Waals surface area (Å²) >= 11 is 1.51. The van der Waals surface area contributed by atoms with Gasteiger partial charge in [0.25, 0.3) is 5.91 Å². The highest BCUT2D eigenvalue weighted by Gasteiger charge is 2.23. The standard InChI is InChI=1S/C11H15NO2S/c1-14-9-4-6-12(7-5-9)11(13)10-3-2-8-15-10/h2-3,8-9H,4-7H2,1H3. The number of nitrogens with zero attached hydrogens (tertiary/aromatic N) is 1. The number of carbonyl (C=O) groups is 1. The van der Waals surface area contributed by atoms with E-state index < -0.39 is 0 Å². The van der Waals surface area contributed by atoms with Crippen LogP contribution >= 0.6 is 11.3 Å². The summed E-state index contributed by atoms with van der Waals surface area (Å²) in [7, 11) is 1.74. The van der Waals surface area contributed by atoms with Gasteiger partial charge in [-0.25, -0.2) is 0 Å². The van der Waals surface area contributed by atoms with Crippen molar-refractivity contribution in [1.29, 1.82) is 0 Å². The third-order valence-electron chi connectivity index (χ3n) is 2.79. The molecule has 0 N–H and O–H groups in total. The van der Waals surface area contributed by atoms with E-state index >= 15 is 0 Å². The number of ether oxygens (including phenoxy) is 1. The van der Waals surface area contributed by atoms with E-state index in [1.54, 1.807) is 7.11 Å². The molecule has 0 unspecified atom stereocenters. The van der Waals surface area contributed by atoms with E-state index in [-0.39, 0.29) is 5.91 Å². The molecule has 1 fully saturated rings. The zero-order valence-corrected chi connectivity index (χ0v) is 9.63. The number of thiophene rings is 1. The molecule has 0 saturated carbocycles. The Morgan fingerprint density at radius 2 is 2.27 bits per heavy atom. The lowest BCUT2D eigenvalue weighted by Gasteiger charge is -2.30. The van der Waals surface area contributed by atoms with Crippen molar-refractivity contribution in [2.45, 2.75) is 18.9 Å². The molecule has 1 aromatic heterocycles. The highest BCUT2D eigenvalue weighted by atomic mass is 32.1. The maximum absolute atomic E-state index is 12.0. The molecule has 1 saturated heterocycles. The molecule has 1 aromatic rings. The Bertz CT molecular complexity index is 315. The molecule has 3 nitrogen and oxygen atoms in total. The number of piperidine rings is 1. The van der Waals surface area contributed by atoms with Gasteiger partial charge in [-0.2, -0.15) is 0 Å². The molecule has 0 bridgehead atoms. The van der Waals surface area contributed by atoms with E-state index in [9.17, 15) is 4.79 Å². The summed E-state index contributed by atoms with van der Waals surface area (Å²) in [6, 6.07) is 3.80. The zero-order valence-electron chi connectivity index (χ0n) is 8.81. The van der Waals surface area contributed by atoms with Crippen LogP contribution in [0.5, 0.6) is 0 Å². The van der Waals surface area contributed by atoms with Crippen molar-refractivity contribution in [1.82, 2.24) is 4.90 Å². The first-order valence-electron chi connectivity index (χ1n) is 5.17. The van der Waals surface area contributed by atoms with Gasteiger partial charge in [-0.3, -0.25) is 4.79 Å². The summed E-state index contributed by atoms with van der Waals surface area (Å²) in [5.74, 6) is 0.166. The second kappa shape index (κ2) is 4.77. The summed E-state index contributed by atoms with van der Waals surface area (Å²) in [6.45, 7) is 1.63. The van der Waals surface area contributed by atoms with E-state index in [4.69, 9.17) is 4.74 Å². The molecule has 2 rings (SSSR count). The predicted octanol–water partition coefficient (Wildman–Crippen LogP) is 2.00. The number of hydrogen-bond donors (Lipinski definition) is 0. The third-order valence-corrected chi connectivity index (χ3v) is 3.65. The molecule has 82 valence electrons. The Morgan fingerprint density at radius 3 is 2.80 bits per heavy atom. The first-order chi connectivity index (χ1) is 7.31. The minimum absolute atomic E-state index is 0.166. The van der Waals surface area contributed by atoms with Gasteiger partial charge < -0.3 is 9.64 Å². The van der Waals surface area contributed by atoms with Crippen LogP contribution in [0.1, 0.15) is 22.5 Å². The van der Waals surface area contributed by atoms with E-state index in [0.29, 0.717) is 6.10 Å². The van der Waals surface area contributed by atoms with E-state index in [1.807, 2.05) is 22.4 Å². The fourth-order valence-electron chi connectivity index (χ4n) is 1.85. The van der Waals surface area contributed by atoms with Crippen molar-refractivity contribution in [3.05, 3.63) is 22.4 Å². The Balaban J connectivity index is 1.93. The fourth-order valence-corrected chi connectivity index (χ4v) is 2.54. The van der Waals surface area contributed by atoms with Crippen molar-refractivity contribution in [3.8, 4) is 0 Å². The molecule has 0 aromatic carbocycles. The van der Waals surface area contributed by atoms with E-state index in [2.05, 4.69) is 0 Å². The van der Waals surface area contributed by atoms with Gasteiger partial charge >= 0.3 is 0 Å². The summed E-state index contributed by atoms with van der Waals surface area (Å²) < 4.78 is 5.27. The Kier molecular flexibility index (Phi) is 3.38. The minimum Gasteiger partial charge on any atom is -0.381 e. The maximum Gasteiger partial charge on any atom is 0.263 e. The van der Waals surface area contributed by atoms with Gasteiger partial charge in [-0.15, -0.1) is 11.3 Å². The average molecular weight is 225 g/mol. The van der Waals surface area contributed by atoms with Crippen molar-refractivity contribution in [2.24, 2.45) is 0 Å². The second-order valence-corrected chi connectivity index (χ2v) is 4.65. The highest BCUT2D eigenvalue weighted by molar-refractivity contribution is 7.12. The number of hydrogen-bond acceptors (Lipinski definition) is 3. The van der Waals surface area contributed by atoms with Crippen LogP contribution < -0.4 is 0 Å². The van der Waals surface area contributed by atoms with E-state index in [1.165, 1.54) is 11.3 Å². The summed E-state index contributed by atoms with van der Waals surface area (Å²) in [5, 5.41) is 1.94. The summed E-state index contributed by atoms with van der Waals surface area (Å²) in [5.41, 5.74) is 0. The summed E-state index contributed by atoms with van der Waals surface area (Å²) in [4.78, 5) is 14.7. The van der Waals surface area contributed by atoms with Crippen molar-refractivity contribution < 1.29 is 9.53 Å². The third kappa shape index (κ3) is 2.38. The number of rotatable bonds is 2. The number of amides is 1. The quantitative estimate of drug-likeness (QED) is 0.770. The molecular weight excluding hydrogens is 210 g/mol. The van der Waals surface area contributed by atoms with Crippen LogP contribution in [-0.4, -0.2) is 37.1 Å². The van der Waals surface area contributed by atoms with Gasteiger partial charge in [-0.05, 0) is 24.3 Å². The molecule has 0 aliphatic carbocycles. The Labute approximate surface area is 93.7 Å². The monoisotopic (exact) mass is 225 g/mol. The molecule has 4 heteroatoms. The lowest BCUT2D eigenvalue weighted by atomic mass is 10.1. The number of carbonyl (C=O) groups excluding carboxylic acids is 1. The molecule has 15 heavy (non-hydrogen) atoms. The molecule has 0 spiro atoms. The van der Waals surface area contributed by atoms with Gasteiger partial charge in [0.2, 0.25) is 0 Å². The fraction of sp³-hybridized carbons (Fsp3) is 0.545. The lowest BCUT2D eigenvalue weighted by molar-refractivity contribution is 0.0353. The molecule has 1 aliphatic heterocycles. The van der Waals surface area contributed by atoms with Gasteiger partial charge in [0.05, 0.1) is 11.0 Å².